The Bertz CT molecular complexity index is 420. The largest absolute Gasteiger partial charge is 0.348 e. The van der Waals surface area contributed by atoms with E-state index in [0.29, 0.717) is 17.8 Å². The topological polar surface area (TPSA) is 77.9 Å². The summed E-state index contributed by atoms with van der Waals surface area (Å²) in [5.74, 6) is -0.106. The summed E-state index contributed by atoms with van der Waals surface area (Å²) in [6, 6.07) is 5.08. The fourth-order valence-corrected chi connectivity index (χ4v) is 1.31. The van der Waals surface area contributed by atoms with Gasteiger partial charge in [-0.3, -0.25) is 4.79 Å². The monoisotopic (exact) mass is 174 g/mol. The number of azide groups is 1. The second-order valence-corrected chi connectivity index (χ2v) is 2.71. The summed E-state index contributed by atoms with van der Waals surface area (Å²) in [6.45, 7) is 0.560. The second kappa shape index (κ2) is 2.80. The lowest BCUT2D eigenvalue weighted by atomic mass is 10.1. The highest BCUT2D eigenvalue weighted by Gasteiger charge is 2.17. The normalized spacial score (nSPS) is 13.1. The SMILES string of the molecule is [N-]=[N+]=Nc1ccc2c(c1)C(=O)NC2. The van der Waals surface area contributed by atoms with Gasteiger partial charge in [-0.2, -0.15) is 0 Å². The first-order valence-corrected chi connectivity index (χ1v) is 3.77. The van der Waals surface area contributed by atoms with Crippen molar-refractivity contribution in [3.8, 4) is 0 Å². The molecule has 64 valence electrons. The third-order valence-corrected chi connectivity index (χ3v) is 1.94. The van der Waals surface area contributed by atoms with Gasteiger partial charge < -0.3 is 5.32 Å². The highest BCUT2D eigenvalue weighted by molar-refractivity contribution is 5.99. The highest BCUT2D eigenvalue weighted by Crippen LogP contribution is 2.21. The van der Waals surface area contributed by atoms with Crippen LogP contribution in [0.3, 0.4) is 0 Å². The molecule has 0 aromatic heterocycles. The van der Waals surface area contributed by atoms with Crippen molar-refractivity contribution >= 4 is 11.6 Å². The molecule has 5 nitrogen and oxygen atoms in total. The molecule has 5 heteroatoms. The van der Waals surface area contributed by atoms with E-state index in [9.17, 15) is 4.79 Å². The van der Waals surface area contributed by atoms with Crippen LogP contribution in [0.25, 0.3) is 10.4 Å². The van der Waals surface area contributed by atoms with E-state index in [1.165, 1.54) is 0 Å². The zero-order valence-corrected chi connectivity index (χ0v) is 6.69. The van der Waals surface area contributed by atoms with E-state index < -0.39 is 0 Å². The van der Waals surface area contributed by atoms with Gasteiger partial charge in [0, 0.05) is 22.7 Å². The van der Waals surface area contributed by atoms with Gasteiger partial charge in [0.25, 0.3) is 5.91 Å². The molecular weight excluding hydrogens is 168 g/mol. The van der Waals surface area contributed by atoms with Crippen LogP contribution < -0.4 is 5.32 Å². The standard InChI is InChI=1S/C8H6N4O/c9-12-11-6-2-1-5-4-10-8(13)7(5)3-6/h1-3H,4H2,(H,10,13). The van der Waals surface area contributed by atoms with Crippen LogP contribution in [0, 0.1) is 0 Å². The number of rotatable bonds is 1. The van der Waals surface area contributed by atoms with Crippen LogP contribution in [0.4, 0.5) is 5.69 Å². The summed E-state index contributed by atoms with van der Waals surface area (Å²) < 4.78 is 0. The van der Waals surface area contributed by atoms with Crippen LogP contribution in [0.1, 0.15) is 15.9 Å². The Balaban J connectivity index is 2.53. The summed E-state index contributed by atoms with van der Waals surface area (Å²) in [7, 11) is 0. The van der Waals surface area contributed by atoms with Crippen LogP contribution >= 0.6 is 0 Å². The predicted octanol–water partition coefficient (Wildman–Crippen LogP) is 1.87. The smallest absolute Gasteiger partial charge is 0.251 e. The number of nitrogens with one attached hydrogen (secondary N) is 1. The van der Waals surface area contributed by atoms with Crippen molar-refractivity contribution in [3.05, 3.63) is 39.8 Å². The Morgan fingerprint density at radius 1 is 1.54 bits per heavy atom. The van der Waals surface area contributed by atoms with Gasteiger partial charge in [0.15, 0.2) is 0 Å². The minimum absolute atomic E-state index is 0.106. The molecule has 13 heavy (non-hydrogen) atoms. The van der Waals surface area contributed by atoms with E-state index in [-0.39, 0.29) is 5.91 Å². The Hall–Kier alpha value is -2.00. The van der Waals surface area contributed by atoms with E-state index in [4.69, 9.17) is 5.53 Å². The molecule has 1 aromatic rings. The third-order valence-electron chi connectivity index (χ3n) is 1.94. The molecule has 0 radical (unpaired) electrons. The zero-order valence-electron chi connectivity index (χ0n) is 6.69. The van der Waals surface area contributed by atoms with Gasteiger partial charge in [0.05, 0.1) is 0 Å². The molecule has 0 atom stereocenters. The molecule has 0 bridgehead atoms. The highest BCUT2D eigenvalue weighted by atomic mass is 16.1. The second-order valence-electron chi connectivity index (χ2n) is 2.71. The van der Waals surface area contributed by atoms with Crippen LogP contribution in [0.15, 0.2) is 23.3 Å². The first kappa shape index (κ1) is 7.64. The van der Waals surface area contributed by atoms with E-state index in [1.807, 2.05) is 0 Å². The van der Waals surface area contributed by atoms with E-state index >= 15 is 0 Å². The lowest BCUT2D eigenvalue weighted by Gasteiger charge is -1.95. The van der Waals surface area contributed by atoms with Crippen molar-refractivity contribution in [2.24, 2.45) is 5.11 Å². The summed E-state index contributed by atoms with van der Waals surface area (Å²) in [4.78, 5) is 13.8. The molecule has 1 N–H and O–H groups in total. The van der Waals surface area contributed by atoms with Crippen molar-refractivity contribution in [3.63, 3.8) is 0 Å². The van der Waals surface area contributed by atoms with Crippen molar-refractivity contribution in [2.45, 2.75) is 6.54 Å². The molecular formula is C8H6N4O. The maximum atomic E-state index is 11.2. The molecule has 1 aromatic carbocycles. The van der Waals surface area contributed by atoms with E-state index in [0.717, 1.165) is 5.56 Å². The number of nitrogens with zero attached hydrogens (tertiary/aromatic N) is 3. The molecule has 1 aliphatic heterocycles. The Kier molecular flexibility index (Phi) is 1.65. The van der Waals surface area contributed by atoms with Crippen molar-refractivity contribution < 1.29 is 4.79 Å². The molecule has 1 amide bonds. The average molecular weight is 174 g/mol. The number of hydrogen-bond acceptors (Lipinski definition) is 2. The van der Waals surface area contributed by atoms with Gasteiger partial charge in [-0.05, 0) is 17.2 Å². The molecule has 0 unspecified atom stereocenters. The molecule has 1 aliphatic rings. The molecule has 0 saturated heterocycles. The number of carbonyl (C=O) groups excluding carboxylic acids is 1. The first-order chi connectivity index (χ1) is 6.31. The summed E-state index contributed by atoms with van der Waals surface area (Å²) in [5.41, 5.74) is 10.2. The lowest BCUT2D eigenvalue weighted by molar-refractivity contribution is 0.0966. The van der Waals surface area contributed by atoms with Crippen molar-refractivity contribution in [1.82, 2.24) is 5.32 Å². The number of carbonyl (C=O) groups is 1. The van der Waals surface area contributed by atoms with Gasteiger partial charge in [-0.25, -0.2) is 0 Å². The van der Waals surface area contributed by atoms with Crippen LogP contribution in [0.2, 0.25) is 0 Å². The van der Waals surface area contributed by atoms with E-state index in [2.05, 4.69) is 15.3 Å². The van der Waals surface area contributed by atoms with Crippen molar-refractivity contribution in [1.29, 1.82) is 0 Å². The third kappa shape index (κ3) is 1.21. The number of hydrogen-bond donors (Lipinski definition) is 1. The Labute approximate surface area is 74.0 Å². The fraction of sp³-hybridized carbons (Fsp3) is 0.125. The summed E-state index contributed by atoms with van der Waals surface area (Å²) >= 11 is 0. The van der Waals surface area contributed by atoms with Crippen LogP contribution in [-0.2, 0) is 6.54 Å². The quantitative estimate of drug-likeness (QED) is 0.393. The zero-order chi connectivity index (χ0) is 9.26. The molecule has 0 spiro atoms. The molecule has 0 fully saturated rings. The van der Waals surface area contributed by atoms with Gasteiger partial charge in [0.2, 0.25) is 0 Å². The maximum absolute atomic E-state index is 11.2. The molecule has 0 aliphatic carbocycles. The van der Waals surface area contributed by atoms with Gasteiger partial charge in [-0.15, -0.1) is 0 Å². The first-order valence-electron chi connectivity index (χ1n) is 3.77. The lowest BCUT2D eigenvalue weighted by Crippen LogP contribution is -2.12. The molecule has 2 rings (SSSR count). The Morgan fingerprint density at radius 2 is 2.38 bits per heavy atom. The van der Waals surface area contributed by atoms with Crippen LogP contribution in [-0.4, -0.2) is 5.91 Å². The summed E-state index contributed by atoms with van der Waals surface area (Å²) in [6.07, 6.45) is 0. The number of amides is 1. The minimum atomic E-state index is -0.106. The molecule has 1 heterocycles. The number of fused-ring (bicyclic) bond motifs is 1. The average Bonchev–Trinajstić information content (AvgIpc) is 2.49. The number of benzene rings is 1. The van der Waals surface area contributed by atoms with Gasteiger partial charge in [-0.1, -0.05) is 17.2 Å². The van der Waals surface area contributed by atoms with E-state index in [1.54, 1.807) is 18.2 Å². The van der Waals surface area contributed by atoms with Crippen LogP contribution in [0.5, 0.6) is 0 Å². The minimum Gasteiger partial charge on any atom is -0.348 e. The van der Waals surface area contributed by atoms with Crippen molar-refractivity contribution in [2.75, 3.05) is 0 Å². The fourth-order valence-electron chi connectivity index (χ4n) is 1.31. The van der Waals surface area contributed by atoms with Gasteiger partial charge >= 0.3 is 0 Å². The predicted molar refractivity (Wildman–Crippen MR) is 46.4 cm³/mol. The van der Waals surface area contributed by atoms with Gasteiger partial charge in [0.1, 0.15) is 0 Å². The molecule has 0 saturated carbocycles. The maximum Gasteiger partial charge on any atom is 0.251 e. The summed E-state index contributed by atoms with van der Waals surface area (Å²) in [5, 5.41) is 6.10. The Morgan fingerprint density at radius 3 is 3.15 bits per heavy atom.